The van der Waals surface area contributed by atoms with Gasteiger partial charge in [-0.3, -0.25) is 24.2 Å². The Morgan fingerprint density at radius 2 is 1.56 bits per heavy atom. The number of nitrogens with zero attached hydrogens (tertiary/aromatic N) is 2. The molecule has 0 N–H and O–H groups in total. The summed E-state index contributed by atoms with van der Waals surface area (Å²) in [5.41, 5.74) is 0.925. The highest BCUT2D eigenvalue weighted by atomic mass is 79.9. The lowest BCUT2D eigenvalue weighted by molar-refractivity contribution is -0.140. The van der Waals surface area contributed by atoms with E-state index in [1.54, 1.807) is 36.4 Å². The monoisotopic (exact) mass is 510 g/mol. The normalized spacial score (nSPS) is 31.5. The molecule has 5 aliphatic rings. The maximum atomic E-state index is 13.5. The molecule has 2 aromatic rings. The summed E-state index contributed by atoms with van der Waals surface area (Å²) in [6.45, 7) is -0.120. The lowest BCUT2D eigenvalue weighted by atomic mass is 9.63. The first-order valence-corrected chi connectivity index (χ1v) is 12.0. The van der Waals surface area contributed by atoms with Crippen molar-refractivity contribution in [2.45, 2.75) is 6.42 Å². The van der Waals surface area contributed by atoms with Crippen LogP contribution in [0.5, 0.6) is 0 Å². The summed E-state index contributed by atoms with van der Waals surface area (Å²) in [5, 5.41) is 0.328. The summed E-state index contributed by atoms with van der Waals surface area (Å²) < 4.78 is 0.868. The minimum Gasteiger partial charge on any atom is -0.290 e. The third-order valence-corrected chi connectivity index (χ3v) is 8.38. The molecule has 7 heteroatoms. The summed E-state index contributed by atoms with van der Waals surface area (Å²) in [5.74, 6) is 0.140. The second-order valence-electron chi connectivity index (χ2n) is 9.09. The molecule has 0 radical (unpaired) electrons. The number of amides is 3. The Balaban J connectivity index is 1.35. The lowest BCUT2D eigenvalue weighted by Crippen LogP contribution is -2.45. The molecule has 3 amide bonds. The number of benzene rings is 2. The minimum absolute atomic E-state index is 0.120. The Morgan fingerprint density at radius 3 is 2.16 bits per heavy atom. The fourth-order valence-corrected chi connectivity index (χ4v) is 6.44. The van der Waals surface area contributed by atoms with Gasteiger partial charge in [-0.1, -0.05) is 51.8 Å². The summed E-state index contributed by atoms with van der Waals surface area (Å²) in [6.07, 6.45) is 5.41. The van der Waals surface area contributed by atoms with E-state index >= 15 is 0 Å². The molecule has 1 heterocycles. The topological polar surface area (TPSA) is 57.7 Å². The third-order valence-electron chi connectivity index (χ3n) is 7.52. The Hall–Kier alpha value is -2.44. The number of carbonyl (C=O) groups is 3. The SMILES string of the molecule is O=C1C2C3C=CC(C4CC34)C2C(=O)N1CN(C(=O)c1ccccc1Cl)c1ccc(Br)cc1. The van der Waals surface area contributed by atoms with E-state index in [1.807, 2.05) is 12.1 Å². The summed E-state index contributed by atoms with van der Waals surface area (Å²) in [4.78, 5) is 43.2. The van der Waals surface area contributed by atoms with Gasteiger partial charge in [-0.05, 0) is 66.5 Å². The minimum atomic E-state index is -0.350. The predicted molar refractivity (Wildman–Crippen MR) is 124 cm³/mol. The van der Waals surface area contributed by atoms with Gasteiger partial charge >= 0.3 is 0 Å². The fraction of sp³-hybridized carbons (Fsp3) is 0.320. The lowest BCUT2D eigenvalue weighted by Gasteiger charge is -2.37. The van der Waals surface area contributed by atoms with Crippen LogP contribution in [-0.2, 0) is 9.59 Å². The summed E-state index contributed by atoms with van der Waals surface area (Å²) in [6, 6.07) is 14.0. The first kappa shape index (κ1) is 20.2. The smallest absolute Gasteiger partial charge is 0.261 e. The number of likely N-dealkylation sites (tertiary alicyclic amines) is 1. The molecule has 162 valence electrons. The maximum absolute atomic E-state index is 13.5. The molecule has 6 atom stereocenters. The number of imide groups is 1. The molecule has 32 heavy (non-hydrogen) atoms. The van der Waals surface area contributed by atoms with Gasteiger partial charge in [0.05, 0.1) is 22.4 Å². The van der Waals surface area contributed by atoms with Crippen molar-refractivity contribution in [3.63, 3.8) is 0 Å². The molecule has 2 saturated carbocycles. The van der Waals surface area contributed by atoms with E-state index in [-0.39, 0.29) is 48.1 Å². The van der Waals surface area contributed by atoms with E-state index in [9.17, 15) is 14.4 Å². The van der Waals surface area contributed by atoms with Gasteiger partial charge in [0.2, 0.25) is 11.8 Å². The van der Waals surface area contributed by atoms with Crippen LogP contribution in [-0.4, -0.2) is 29.3 Å². The maximum Gasteiger partial charge on any atom is 0.261 e. The van der Waals surface area contributed by atoms with Gasteiger partial charge < -0.3 is 0 Å². The second kappa shape index (κ2) is 7.29. The van der Waals surface area contributed by atoms with Crippen molar-refractivity contribution in [1.29, 1.82) is 0 Å². The van der Waals surface area contributed by atoms with E-state index in [0.717, 1.165) is 10.9 Å². The number of rotatable bonds is 4. The van der Waals surface area contributed by atoms with E-state index in [0.29, 0.717) is 28.1 Å². The first-order chi connectivity index (χ1) is 15.5. The number of allylic oxidation sites excluding steroid dienone is 2. The molecule has 4 aliphatic carbocycles. The van der Waals surface area contributed by atoms with E-state index in [2.05, 4.69) is 28.1 Å². The van der Waals surface area contributed by atoms with E-state index in [1.165, 1.54) is 9.80 Å². The highest BCUT2D eigenvalue weighted by Crippen LogP contribution is 2.65. The molecule has 0 aromatic heterocycles. The van der Waals surface area contributed by atoms with E-state index in [4.69, 9.17) is 11.6 Å². The van der Waals surface area contributed by atoms with Crippen LogP contribution in [0.15, 0.2) is 65.2 Å². The van der Waals surface area contributed by atoms with Crippen molar-refractivity contribution < 1.29 is 14.4 Å². The average molecular weight is 512 g/mol. The highest BCUT2D eigenvalue weighted by molar-refractivity contribution is 9.10. The van der Waals surface area contributed by atoms with Gasteiger partial charge in [0.1, 0.15) is 6.67 Å². The molecule has 2 aromatic carbocycles. The Bertz CT molecular complexity index is 1140. The molecule has 7 rings (SSSR count). The number of anilines is 1. The quantitative estimate of drug-likeness (QED) is 0.439. The Labute approximate surface area is 199 Å². The zero-order chi connectivity index (χ0) is 22.1. The molecule has 5 nitrogen and oxygen atoms in total. The number of halogens is 2. The van der Waals surface area contributed by atoms with Crippen LogP contribution in [0.1, 0.15) is 16.8 Å². The van der Waals surface area contributed by atoms with Crippen molar-refractivity contribution >= 4 is 50.9 Å². The zero-order valence-corrected chi connectivity index (χ0v) is 19.4. The van der Waals surface area contributed by atoms with E-state index < -0.39 is 0 Å². The van der Waals surface area contributed by atoms with Gasteiger partial charge in [-0.2, -0.15) is 0 Å². The van der Waals surface area contributed by atoms with Crippen molar-refractivity contribution in [3.8, 4) is 0 Å². The first-order valence-electron chi connectivity index (χ1n) is 10.8. The van der Waals surface area contributed by atoms with Gasteiger partial charge in [0, 0.05) is 10.2 Å². The third kappa shape index (κ3) is 2.92. The predicted octanol–water partition coefficient (Wildman–Crippen LogP) is 4.76. The van der Waals surface area contributed by atoms with Crippen LogP contribution < -0.4 is 4.90 Å². The molecule has 2 bridgehead atoms. The van der Waals surface area contributed by atoms with Crippen molar-refractivity contribution in [3.05, 3.63) is 75.7 Å². The average Bonchev–Trinajstić information content (AvgIpc) is 3.58. The number of hydrogen-bond acceptors (Lipinski definition) is 3. The van der Waals surface area contributed by atoms with Crippen LogP contribution in [0, 0.1) is 35.5 Å². The number of hydrogen-bond donors (Lipinski definition) is 0. The molecular formula is C25H20BrClN2O3. The van der Waals surface area contributed by atoms with Gasteiger partial charge in [-0.25, -0.2) is 0 Å². The second-order valence-corrected chi connectivity index (χ2v) is 10.4. The highest BCUT2D eigenvalue weighted by Gasteiger charge is 2.67. The van der Waals surface area contributed by atoms with Crippen LogP contribution in [0.3, 0.4) is 0 Å². The summed E-state index contributed by atoms with van der Waals surface area (Å²) >= 11 is 9.72. The van der Waals surface area contributed by atoms with Gasteiger partial charge in [0.15, 0.2) is 0 Å². The van der Waals surface area contributed by atoms with Crippen molar-refractivity contribution in [2.75, 3.05) is 11.6 Å². The van der Waals surface area contributed by atoms with Crippen molar-refractivity contribution in [2.24, 2.45) is 35.5 Å². The molecule has 3 fully saturated rings. The van der Waals surface area contributed by atoms with Crippen molar-refractivity contribution in [1.82, 2.24) is 4.90 Å². The van der Waals surface area contributed by atoms with Gasteiger partial charge in [-0.15, -0.1) is 0 Å². The molecule has 0 spiro atoms. The van der Waals surface area contributed by atoms with Crippen LogP contribution in [0.25, 0.3) is 0 Å². The molecule has 6 unspecified atom stereocenters. The molecule has 1 saturated heterocycles. The van der Waals surface area contributed by atoms with Crippen LogP contribution in [0.2, 0.25) is 5.02 Å². The molecule has 1 aliphatic heterocycles. The number of carbonyl (C=O) groups excluding carboxylic acids is 3. The zero-order valence-electron chi connectivity index (χ0n) is 17.0. The largest absolute Gasteiger partial charge is 0.290 e. The Morgan fingerprint density at radius 1 is 0.969 bits per heavy atom. The van der Waals surface area contributed by atoms with Crippen LogP contribution in [0.4, 0.5) is 5.69 Å². The Kier molecular flexibility index (Phi) is 4.60. The van der Waals surface area contributed by atoms with Crippen LogP contribution >= 0.6 is 27.5 Å². The molecular weight excluding hydrogens is 492 g/mol. The van der Waals surface area contributed by atoms with Gasteiger partial charge in [0.25, 0.3) is 5.91 Å². The fourth-order valence-electron chi connectivity index (χ4n) is 5.96. The standard InChI is InChI=1S/C25H20BrClN2O3/c26-13-5-7-14(8-6-13)28(23(30)17-3-1-2-4-20(17)27)12-29-24(31)21-15-9-10-16(19-11-18(15)19)22(21)25(29)32/h1-10,15-16,18-19,21-22H,11-12H2. The summed E-state index contributed by atoms with van der Waals surface area (Å²) in [7, 11) is 0.